The van der Waals surface area contributed by atoms with Gasteiger partial charge in [-0.1, -0.05) is 220 Å². The van der Waals surface area contributed by atoms with Crippen LogP contribution in [0.15, 0.2) is 159 Å². The molecule has 6 aromatic carbocycles. The van der Waals surface area contributed by atoms with Gasteiger partial charge in [-0.25, -0.2) is 9.97 Å². The Bertz CT molecular complexity index is 4760. The lowest BCUT2D eigenvalue weighted by atomic mass is 9.78. The van der Waals surface area contributed by atoms with Crippen molar-refractivity contribution in [3.05, 3.63) is 227 Å². The normalized spacial score (nSPS) is 12.8. The van der Waals surface area contributed by atoms with E-state index in [1.54, 1.807) is 0 Å². The number of halogens is 2. The molecular formula is C88H93Br2N7. The topological polar surface area (TPSA) is 85.3 Å². The second-order valence-electron chi connectivity index (χ2n) is 32.2. The van der Waals surface area contributed by atoms with Crippen molar-refractivity contribution in [1.29, 1.82) is 0 Å². The van der Waals surface area contributed by atoms with Gasteiger partial charge >= 0.3 is 0 Å². The second-order valence-corrected chi connectivity index (χ2v) is 33.9. The maximum Gasteiger partial charge on any atom is 0.0897 e. The van der Waals surface area contributed by atoms with Crippen LogP contribution in [-0.2, 0) is 32.5 Å². The Hall–Kier alpha value is -8.60. The fraction of sp³-hybridized carbons (Fsp3) is 0.318. The summed E-state index contributed by atoms with van der Waals surface area (Å²) in [6, 6.07) is 51.1. The lowest BCUT2D eigenvalue weighted by Gasteiger charge is -2.26. The zero-order chi connectivity index (χ0) is 69.9. The molecule has 2 N–H and O–H groups in total. The number of aromatic nitrogens is 4. The molecule has 0 saturated carbocycles. The highest BCUT2D eigenvalue weighted by Gasteiger charge is 2.28. The maximum atomic E-state index is 5.86. The zero-order valence-corrected chi connectivity index (χ0v) is 63.7. The smallest absolute Gasteiger partial charge is 0.0897 e. The molecule has 3 aromatic heterocycles. The number of hydrogen-bond donors (Lipinski definition) is 2. The SMILES string of the molecule is CCN(CC)N=Nc1cc(Br)c(C#Cc2ccc(C#Cc3ccc(-c4c5nc(c(-c6cc(C(C)(C)C)cc(C(C)(C)C)c6)c6ccc([nH]6)c(-c6cc(C(C)(C)C)cc(C(C)(C)C)c6)c6nc(c(-c7cc(C(C)(C)C)cc(C(C)(C)C)c7)c7ccc4[nH]7)C=C6)C=C5)cc3)cc2)c(Br)c1. The van der Waals surface area contributed by atoms with E-state index < -0.39 is 0 Å². The summed E-state index contributed by atoms with van der Waals surface area (Å²) >= 11 is 7.43. The van der Waals surface area contributed by atoms with Gasteiger partial charge in [0.05, 0.1) is 34.0 Å². The molecule has 9 aromatic rings. The fourth-order valence-electron chi connectivity index (χ4n) is 12.2. The van der Waals surface area contributed by atoms with E-state index in [9.17, 15) is 0 Å². The average molecular weight is 1410 g/mol. The Kier molecular flexibility index (Phi) is 19.2. The monoisotopic (exact) mass is 1410 g/mol. The van der Waals surface area contributed by atoms with Crippen LogP contribution in [0.25, 0.3) is 90.9 Å². The van der Waals surface area contributed by atoms with Crippen LogP contribution in [0.2, 0.25) is 0 Å². The molecule has 0 unspecified atom stereocenters. The van der Waals surface area contributed by atoms with Gasteiger partial charge in [-0.05, 0) is 231 Å². The predicted molar refractivity (Wildman–Crippen MR) is 420 cm³/mol. The van der Waals surface area contributed by atoms with Gasteiger partial charge in [0.2, 0.25) is 0 Å². The van der Waals surface area contributed by atoms with Gasteiger partial charge in [0.15, 0.2) is 0 Å². The summed E-state index contributed by atoms with van der Waals surface area (Å²) in [5.41, 5.74) is 26.8. The minimum Gasteiger partial charge on any atom is -0.354 e. The number of rotatable bonds is 8. The highest BCUT2D eigenvalue weighted by molar-refractivity contribution is 9.11. The number of H-pyrrole nitrogens is 2. The molecule has 97 heavy (non-hydrogen) atoms. The van der Waals surface area contributed by atoms with E-state index in [1.807, 2.05) is 41.4 Å². The highest BCUT2D eigenvalue weighted by Crippen LogP contribution is 2.44. The van der Waals surface area contributed by atoms with E-state index in [0.717, 1.165) is 139 Å². The van der Waals surface area contributed by atoms with Gasteiger partial charge in [0, 0.05) is 83.0 Å². The largest absolute Gasteiger partial charge is 0.354 e. The van der Waals surface area contributed by atoms with Crippen molar-refractivity contribution >= 4 is 83.9 Å². The van der Waals surface area contributed by atoms with Gasteiger partial charge in [-0.3, -0.25) is 5.01 Å². The Morgan fingerprint density at radius 3 is 0.897 bits per heavy atom. The van der Waals surface area contributed by atoms with Gasteiger partial charge in [0.1, 0.15) is 0 Å². The number of benzene rings is 6. The van der Waals surface area contributed by atoms with Crippen LogP contribution in [0.5, 0.6) is 0 Å². The van der Waals surface area contributed by atoms with Crippen LogP contribution in [0.1, 0.15) is 217 Å². The van der Waals surface area contributed by atoms with Crippen molar-refractivity contribution in [2.75, 3.05) is 13.1 Å². The molecule has 0 atom stereocenters. The number of nitrogens with zero attached hydrogens (tertiary/aromatic N) is 5. The predicted octanol–water partition coefficient (Wildman–Crippen LogP) is 24.8. The van der Waals surface area contributed by atoms with Crippen molar-refractivity contribution in [2.45, 2.75) is 171 Å². The lowest BCUT2D eigenvalue weighted by molar-refractivity contribution is 0.300. The molecule has 11 rings (SSSR count). The summed E-state index contributed by atoms with van der Waals surface area (Å²) in [5.74, 6) is 13.6. The minimum atomic E-state index is -0.128. The molecule has 0 radical (unpaired) electrons. The fourth-order valence-corrected chi connectivity index (χ4v) is 13.5. The summed E-state index contributed by atoms with van der Waals surface area (Å²) in [6.07, 6.45) is 8.88. The second kappa shape index (κ2) is 26.7. The first kappa shape index (κ1) is 69.7. The van der Waals surface area contributed by atoms with Crippen molar-refractivity contribution in [1.82, 2.24) is 24.9 Å². The number of hydrogen-bond acceptors (Lipinski definition) is 4. The first-order valence-corrected chi connectivity index (χ1v) is 35.7. The van der Waals surface area contributed by atoms with Crippen LogP contribution < -0.4 is 0 Å². The van der Waals surface area contributed by atoms with Gasteiger partial charge in [-0.2, -0.15) is 0 Å². The third-order valence-corrected chi connectivity index (χ3v) is 19.7. The van der Waals surface area contributed by atoms with E-state index in [-0.39, 0.29) is 32.5 Å². The molecule has 5 heterocycles. The maximum absolute atomic E-state index is 5.86. The number of nitrogens with one attached hydrogen (secondary N) is 2. The quantitative estimate of drug-likeness (QED) is 0.0903. The zero-order valence-electron chi connectivity index (χ0n) is 60.5. The van der Waals surface area contributed by atoms with Crippen molar-refractivity contribution in [3.63, 3.8) is 0 Å². The molecule has 7 nitrogen and oxygen atoms in total. The average Bonchev–Trinajstić information content (AvgIpc) is 1.68. The molecule has 2 aliphatic rings. The van der Waals surface area contributed by atoms with Crippen LogP contribution in [0.4, 0.5) is 5.69 Å². The molecule has 0 aliphatic carbocycles. The van der Waals surface area contributed by atoms with Crippen LogP contribution >= 0.6 is 31.9 Å². The Morgan fingerprint density at radius 1 is 0.351 bits per heavy atom. The summed E-state index contributed by atoms with van der Waals surface area (Å²) in [4.78, 5) is 19.8. The molecule has 0 fully saturated rings. The van der Waals surface area contributed by atoms with Crippen LogP contribution in [0, 0.1) is 23.7 Å². The summed E-state index contributed by atoms with van der Waals surface area (Å²) in [6.45, 7) is 47.3. The third kappa shape index (κ3) is 15.6. The number of aromatic amines is 2. The molecule has 8 bridgehead atoms. The molecule has 2 aliphatic heterocycles. The lowest BCUT2D eigenvalue weighted by Crippen LogP contribution is -2.16. The Balaban J connectivity index is 1.14. The molecule has 0 spiro atoms. The van der Waals surface area contributed by atoms with E-state index in [2.05, 4.69) is 342 Å². The Morgan fingerprint density at radius 2 is 0.619 bits per heavy atom. The highest BCUT2D eigenvalue weighted by atomic mass is 79.9. The summed E-state index contributed by atoms with van der Waals surface area (Å²) in [7, 11) is 0. The molecule has 494 valence electrons. The van der Waals surface area contributed by atoms with E-state index in [4.69, 9.17) is 9.97 Å². The summed E-state index contributed by atoms with van der Waals surface area (Å²) < 4.78 is 1.68. The van der Waals surface area contributed by atoms with Crippen molar-refractivity contribution in [2.24, 2.45) is 10.3 Å². The Labute approximate surface area is 594 Å². The van der Waals surface area contributed by atoms with E-state index >= 15 is 0 Å². The number of fused-ring (bicyclic) bond motifs is 8. The third-order valence-electron chi connectivity index (χ3n) is 18.4. The van der Waals surface area contributed by atoms with E-state index in [1.165, 1.54) is 33.4 Å². The van der Waals surface area contributed by atoms with Crippen LogP contribution in [-0.4, -0.2) is 38.0 Å². The van der Waals surface area contributed by atoms with Crippen molar-refractivity contribution < 1.29 is 0 Å². The first-order valence-electron chi connectivity index (χ1n) is 34.1. The first-order chi connectivity index (χ1) is 45.5. The standard InChI is InChI=1S/C88H93Br2N7/c1-21-97(22-2)96-95-67-52-69(89)68(70(90)53-67)34-31-55-26-23-54(24-27-55)25-28-56-29-32-57(33-30-56)79-71-35-37-73(91-71)80(58-43-61(83(3,4)5)49-62(44-58)84(6,7)8)75-39-41-77(93-75)82(60-47-65(87(15,16)17)51-66(48-60)88(18,19)20)78-42-40-76(94-78)81(74-38-36-72(79)92-74)59-45-63(85(9,10)11)50-64(46-59)86(12,13)14/h23-24,26-27,29-30,32-33,35-53,91,94H,21-22H2,1-20H3. The van der Waals surface area contributed by atoms with Gasteiger partial charge in [0.25, 0.3) is 0 Å². The van der Waals surface area contributed by atoms with Crippen LogP contribution in [0.3, 0.4) is 0 Å². The molecule has 0 amide bonds. The molecular weight excluding hydrogens is 1310 g/mol. The van der Waals surface area contributed by atoms with Gasteiger partial charge in [-0.15, -0.1) is 5.11 Å². The minimum absolute atomic E-state index is 0.120. The van der Waals surface area contributed by atoms with Gasteiger partial charge < -0.3 is 9.97 Å². The molecule has 9 heteroatoms. The van der Waals surface area contributed by atoms with E-state index in [0.29, 0.717) is 0 Å². The molecule has 0 saturated heterocycles. The summed E-state index contributed by atoms with van der Waals surface area (Å²) in [5, 5.41) is 10.7. The van der Waals surface area contributed by atoms with Crippen molar-refractivity contribution in [3.8, 4) is 68.2 Å².